The van der Waals surface area contributed by atoms with Gasteiger partial charge in [-0.2, -0.15) is 0 Å². The molecule has 8 nitrogen and oxygen atoms in total. The SMILES string of the molecule is CC(=O)N(C)Cc1ccc(-c2csc(NC(=O)CNC(=O)c3ccn(C(C)(C)C)c3)n2)cc1C. The van der Waals surface area contributed by atoms with Gasteiger partial charge in [-0.1, -0.05) is 12.1 Å². The molecule has 180 valence electrons. The van der Waals surface area contributed by atoms with Crippen molar-refractivity contribution in [1.29, 1.82) is 0 Å². The van der Waals surface area contributed by atoms with Crippen LogP contribution in [-0.4, -0.2) is 45.8 Å². The van der Waals surface area contributed by atoms with E-state index in [0.717, 1.165) is 22.4 Å². The van der Waals surface area contributed by atoms with Crippen molar-refractivity contribution in [3.63, 3.8) is 0 Å². The molecule has 0 saturated heterocycles. The third-order valence-corrected chi connectivity index (χ3v) is 6.23. The quantitative estimate of drug-likeness (QED) is 0.533. The number of hydrogen-bond acceptors (Lipinski definition) is 5. The van der Waals surface area contributed by atoms with E-state index in [4.69, 9.17) is 0 Å². The third kappa shape index (κ3) is 6.32. The summed E-state index contributed by atoms with van der Waals surface area (Å²) in [5, 5.41) is 7.72. The van der Waals surface area contributed by atoms with Gasteiger partial charge in [-0.25, -0.2) is 4.98 Å². The van der Waals surface area contributed by atoms with E-state index in [2.05, 4.69) is 15.6 Å². The Balaban J connectivity index is 1.56. The molecule has 3 aromatic rings. The summed E-state index contributed by atoms with van der Waals surface area (Å²) in [7, 11) is 1.77. The number of amides is 3. The van der Waals surface area contributed by atoms with Crippen LogP contribution in [0.5, 0.6) is 0 Å². The van der Waals surface area contributed by atoms with Crippen molar-refractivity contribution in [3.05, 3.63) is 58.7 Å². The lowest BCUT2D eigenvalue weighted by Gasteiger charge is -2.20. The second kappa shape index (κ2) is 10.2. The van der Waals surface area contributed by atoms with Gasteiger partial charge in [0.2, 0.25) is 11.8 Å². The average Bonchev–Trinajstić information content (AvgIpc) is 3.43. The van der Waals surface area contributed by atoms with Crippen LogP contribution in [0.15, 0.2) is 42.0 Å². The largest absolute Gasteiger partial charge is 0.348 e. The predicted molar refractivity (Wildman–Crippen MR) is 135 cm³/mol. The summed E-state index contributed by atoms with van der Waals surface area (Å²) in [6.07, 6.45) is 3.62. The Morgan fingerprint density at radius 3 is 2.53 bits per heavy atom. The molecule has 0 atom stereocenters. The van der Waals surface area contributed by atoms with Gasteiger partial charge < -0.3 is 20.1 Å². The van der Waals surface area contributed by atoms with Gasteiger partial charge >= 0.3 is 0 Å². The van der Waals surface area contributed by atoms with Gasteiger partial charge in [0.15, 0.2) is 5.13 Å². The molecule has 0 radical (unpaired) electrons. The van der Waals surface area contributed by atoms with Gasteiger partial charge in [0.1, 0.15) is 0 Å². The fourth-order valence-electron chi connectivity index (χ4n) is 3.24. The Hall–Kier alpha value is -3.46. The molecule has 3 amide bonds. The molecule has 0 aliphatic rings. The molecule has 2 N–H and O–H groups in total. The van der Waals surface area contributed by atoms with Crippen LogP contribution in [0.2, 0.25) is 0 Å². The number of aryl methyl sites for hydroxylation is 1. The molecule has 1 aromatic carbocycles. The van der Waals surface area contributed by atoms with E-state index in [9.17, 15) is 14.4 Å². The summed E-state index contributed by atoms with van der Waals surface area (Å²) >= 11 is 1.32. The fourth-order valence-corrected chi connectivity index (χ4v) is 3.97. The van der Waals surface area contributed by atoms with Crippen LogP contribution in [0.25, 0.3) is 11.3 Å². The first-order valence-electron chi connectivity index (χ1n) is 11.0. The Morgan fingerprint density at radius 2 is 1.91 bits per heavy atom. The molecule has 0 saturated carbocycles. The lowest BCUT2D eigenvalue weighted by Crippen LogP contribution is -2.32. The number of thiazole rings is 1. The summed E-state index contributed by atoms with van der Waals surface area (Å²) in [6.45, 7) is 10.1. The zero-order valence-corrected chi connectivity index (χ0v) is 21.2. The third-order valence-electron chi connectivity index (χ3n) is 5.47. The van der Waals surface area contributed by atoms with Gasteiger partial charge in [-0.05, 0) is 51.0 Å². The number of anilines is 1. The number of nitrogens with zero attached hydrogens (tertiary/aromatic N) is 3. The molecule has 0 aliphatic heterocycles. The predicted octanol–water partition coefficient (Wildman–Crippen LogP) is 4.02. The van der Waals surface area contributed by atoms with Crippen LogP contribution in [0.3, 0.4) is 0 Å². The summed E-state index contributed by atoms with van der Waals surface area (Å²) in [5.74, 6) is -0.630. The highest BCUT2D eigenvalue weighted by atomic mass is 32.1. The van der Waals surface area contributed by atoms with Crippen molar-refractivity contribution in [1.82, 2.24) is 19.8 Å². The number of hydrogen-bond donors (Lipinski definition) is 2. The Bertz CT molecular complexity index is 1210. The summed E-state index contributed by atoms with van der Waals surface area (Å²) in [6, 6.07) is 7.70. The number of rotatable bonds is 7. The highest BCUT2D eigenvalue weighted by molar-refractivity contribution is 7.14. The highest BCUT2D eigenvalue weighted by Crippen LogP contribution is 2.27. The van der Waals surface area contributed by atoms with Crippen LogP contribution < -0.4 is 10.6 Å². The lowest BCUT2D eigenvalue weighted by atomic mass is 10.0. The lowest BCUT2D eigenvalue weighted by molar-refractivity contribution is -0.128. The zero-order chi connectivity index (χ0) is 25.0. The molecule has 0 unspecified atom stereocenters. The van der Waals surface area contributed by atoms with Crippen molar-refractivity contribution < 1.29 is 14.4 Å². The Kier molecular flexibility index (Phi) is 7.56. The summed E-state index contributed by atoms with van der Waals surface area (Å²) < 4.78 is 1.95. The van der Waals surface area contributed by atoms with Crippen molar-refractivity contribution in [2.45, 2.75) is 46.7 Å². The number of carbonyl (C=O) groups is 3. The monoisotopic (exact) mass is 481 g/mol. The van der Waals surface area contributed by atoms with E-state index < -0.39 is 0 Å². The van der Waals surface area contributed by atoms with E-state index in [-0.39, 0.29) is 29.8 Å². The van der Waals surface area contributed by atoms with E-state index in [1.54, 1.807) is 31.1 Å². The Morgan fingerprint density at radius 1 is 1.18 bits per heavy atom. The van der Waals surface area contributed by atoms with E-state index in [1.165, 1.54) is 11.3 Å². The maximum atomic E-state index is 12.4. The minimum atomic E-state index is -0.344. The first kappa shape index (κ1) is 25.2. The topological polar surface area (TPSA) is 96.3 Å². The van der Waals surface area contributed by atoms with Crippen molar-refractivity contribution in [2.75, 3.05) is 18.9 Å². The van der Waals surface area contributed by atoms with E-state index >= 15 is 0 Å². The van der Waals surface area contributed by atoms with Crippen molar-refractivity contribution >= 4 is 34.2 Å². The maximum Gasteiger partial charge on any atom is 0.253 e. The smallest absolute Gasteiger partial charge is 0.253 e. The number of nitrogens with one attached hydrogen (secondary N) is 2. The molecule has 0 fully saturated rings. The number of carbonyl (C=O) groups excluding carboxylic acids is 3. The van der Waals surface area contributed by atoms with Crippen LogP contribution in [0, 0.1) is 6.92 Å². The average molecular weight is 482 g/mol. The standard InChI is InChI=1S/C25H31N5O3S/c1-16-11-18(7-8-19(16)13-29(6)17(2)31)21-15-34-24(27-21)28-22(32)12-26-23(33)20-9-10-30(14-20)25(3,4)5/h7-11,14-15H,12-13H2,1-6H3,(H,26,33)(H,27,28,32). The molecule has 9 heteroatoms. The van der Waals surface area contributed by atoms with Crippen LogP contribution in [-0.2, 0) is 21.7 Å². The Labute approximate surface area is 204 Å². The van der Waals surface area contributed by atoms with Gasteiger partial charge in [0.05, 0.1) is 17.8 Å². The van der Waals surface area contributed by atoms with E-state index in [0.29, 0.717) is 17.2 Å². The molecule has 0 spiro atoms. The molecule has 0 bridgehead atoms. The van der Waals surface area contributed by atoms with Crippen molar-refractivity contribution in [3.8, 4) is 11.3 Å². The molecular formula is C25H31N5O3S. The first-order valence-corrected chi connectivity index (χ1v) is 11.9. The zero-order valence-electron chi connectivity index (χ0n) is 20.4. The van der Waals surface area contributed by atoms with Crippen LogP contribution >= 0.6 is 11.3 Å². The first-order chi connectivity index (χ1) is 15.9. The molecule has 34 heavy (non-hydrogen) atoms. The molecule has 3 rings (SSSR count). The number of aromatic nitrogens is 2. The second-order valence-corrected chi connectivity index (χ2v) is 10.1. The summed E-state index contributed by atoms with van der Waals surface area (Å²) in [5.41, 5.74) is 4.20. The second-order valence-electron chi connectivity index (χ2n) is 9.26. The van der Waals surface area contributed by atoms with Crippen LogP contribution in [0.4, 0.5) is 5.13 Å². The molecular weight excluding hydrogens is 450 g/mol. The van der Waals surface area contributed by atoms with Crippen molar-refractivity contribution in [2.24, 2.45) is 0 Å². The van der Waals surface area contributed by atoms with Gasteiger partial charge in [0.25, 0.3) is 5.91 Å². The molecule has 0 aliphatic carbocycles. The minimum absolute atomic E-state index is 0.0165. The molecule has 2 heterocycles. The summed E-state index contributed by atoms with van der Waals surface area (Å²) in [4.78, 5) is 42.3. The maximum absolute atomic E-state index is 12.4. The van der Waals surface area contributed by atoms with Gasteiger partial charge in [-0.3, -0.25) is 14.4 Å². The van der Waals surface area contributed by atoms with E-state index in [1.807, 2.05) is 62.0 Å². The minimum Gasteiger partial charge on any atom is -0.348 e. The highest BCUT2D eigenvalue weighted by Gasteiger charge is 2.16. The fraction of sp³-hybridized carbons (Fsp3) is 0.360. The van der Waals surface area contributed by atoms with Gasteiger partial charge in [-0.15, -0.1) is 11.3 Å². The van der Waals surface area contributed by atoms with Gasteiger partial charge in [0, 0.05) is 49.4 Å². The number of benzene rings is 1. The van der Waals surface area contributed by atoms with Crippen LogP contribution in [0.1, 0.15) is 49.2 Å². The normalized spacial score (nSPS) is 11.2. The molecule has 2 aromatic heterocycles.